The van der Waals surface area contributed by atoms with Crippen LogP contribution in [0.25, 0.3) is 0 Å². The maximum atomic E-state index is 9.87. The van der Waals surface area contributed by atoms with Crippen LogP contribution >= 0.6 is 0 Å². The van der Waals surface area contributed by atoms with Crippen molar-refractivity contribution in [3.8, 4) is 0 Å². The lowest BCUT2D eigenvalue weighted by Gasteiger charge is -2.25. The minimum atomic E-state index is -0.564. The van der Waals surface area contributed by atoms with Crippen molar-refractivity contribution in [2.75, 3.05) is 14.2 Å². The highest BCUT2D eigenvalue weighted by molar-refractivity contribution is 4.93. The fraction of sp³-hybridized carbons (Fsp3) is 0.833. The number of hydrogen-bond acceptors (Lipinski definition) is 3. The van der Waals surface area contributed by atoms with Crippen LogP contribution in [0.5, 0.6) is 0 Å². The molecule has 0 aliphatic carbocycles. The second kappa shape index (κ2) is 7.85. The summed E-state index contributed by atoms with van der Waals surface area (Å²) in [6.07, 6.45) is 3.02. The van der Waals surface area contributed by atoms with Crippen LogP contribution in [-0.2, 0) is 9.47 Å². The molecule has 0 saturated heterocycles. The molecule has 0 aliphatic heterocycles. The van der Waals surface area contributed by atoms with Crippen molar-refractivity contribution in [1.29, 1.82) is 0 Å². The van der Waals surface area contributed by atoms with Gasteiger partial charge in [-0.05, 0) is 32.6 Å². The van der Waals surface area contributed by atoms with E-state index in [0.29, 0.717) is 0 Å². The SMILES string of the molecule is COC(OC)[C@H](O)[C@@H](C)CCC=C(C)C. The van der Waals surface area contributed by atoms with E-state index in [2.05, 4.69) is 19.9 Å². The van der Waals surface area contributed by atoms with E-state index in [0.717, 1.165) is 12.8 Å². The molecule has 3 nitrogen and oxygen atoms in total. The summed E-state index contributed by atoms with van der Waals surface area (Å²) in [5.41, 5.74) is 1.31. The van der Waals surface area contributed by atoms with Gasteiger partial charge in [0.1, 0.15) is 6.10 Å². The Balaban J connectivity index is 3.97. The third-order valence-corrected chi connectivity index (χ3v) is 2.50. The standard InChI is InChI=1S/C12H24O3/c1-9(2)7-6-8-10(3)11(13)12(14-4)15-5/h7,10-13H,6,8H2,1-5H3/t10-,11+/m0/s1. The van der Waals surface area contributed by atoms with Crippen molar-refractivity contribution in [3.05, 3.63) is 11.6 Å². The molecule has 2 atom stereocenters. The molecule has 0 spiro atoms. The maximum Gasteiger partial charge on any atom is 0.182 e. The van der Waals surface area contributed by atoms with E-state index in [1.165, 1.54) is 5.57 Å². The van der Waals surface area contributed by atoms with Gasteiger partial charge in [0.2, 0.25) is 0 Å². The molecule has 3 heteroatoms. The lowest BCUT2D eigenvalue weighted by Crippen LogP contribution is -2.35. The highest BCUT2D eigenvalue weighted by Gasteiger charge is 2.23. The second-order valence-corrected chi connectivity index (χ2v) is 4.17. The first-order chi connectivity index (χ1) is 7.02. The van der Waals surface area contributed by atoms with Gasteiger partial charge in [0.15, 0.2) is 6.29 Å². The van der Waals surface area contributed by atoms with Crippen LogP contribution in [0, 0.1) is 5.92 Å². The van der Waals surface area contributed by atoms with Gasteiger partial charge in [0.25, 0.3) is 0 Å². The molecule has 90 valence electrons. The van der Waals surface area contributed by atoms with Crippen LogP contribution in [-0.4, -0.2) is 31.7 Å². The molecule has 0 saturated carbocycles. The number of aliphatic hydroxyl groups is 1. The van der Waals surface area contributed by atoms with Gasteiger partial charge >= 0.3 is 0 Å². The number of methoxy groups -OCH3 is 2. The van der Waals surface area contributed by atoms with Crippen LogP contribution in [0.4, 0.5) is 0 Å². The Labute approximate surface area is 93.1 Å². The van der Waals surface area contributed by atoms with E-state index >= 15 is 0 Å². The average Bonchev–Trinajstić information content (AvgIpc) is 2.18. The Morgan fingerprint density at radius 1 is 1.27 bits per heavy atom. The molecule has 0 unspecified atom stereocenters. The number of aliphatic hydroxyl groups excluding tert-OH is 1. The summed E-state index contributed by atoms with van der Waals surface area (Å²) in [6.45, 7) is 6.16. The lowest BCUT2D eigenvalue weighted by atomic mass is 9.98. The second-order valence-electron chi connectivity index (χ2n) is 4.17. The fourth-order valence-electron chi connectivity index (χ4n) is 1.45. The van der Waals surface area contributed by atoms with Gasteiger partial charge in [-0.15, -0.1) is 0 Å². The van der Waals surface area contributed by atoms with Crippen LogP contribution in [0.15, 0.2) is 11.6 Å². The van der Waals surface area contributed by atoms with Crippen molar-refractivity contribution in [3.63, 3.8) is 0 Å². The molecule has 0 aromatic carbocycles. The highest BCUT2D eigenvalue weighted by atomic mass is 16.7. The summed E-state index contributed by atoms with van der Waals surface area (Å²) >= 11 is 0. The fourth-order valence-corrected chi connectivity index (χ4v) is 1.45. The van der Waals surface area contributed by atoms with Gasteiger partial charge in [-0.3, -0.25) is 0 Å². The first-order valence-electron chi connectivity index (χ1n) is 5.40. The molecule has 1 N–H and O–H groups in total. The summed E-state index contributed by atoms with van der Waals surface area (Å²) in [6, 6.07) is 0. The van der Waals surface area contributed by atoms with Crippen molar-refractivity contribution in [2.24, 2.45) is 5.92 Å². The first-order valence-corrected chi connectivity index (χ1v) is 5.40. The zero-order valence-electron chi connectivity index (χ0n) is 10.5. The molecule has 0 radical (unpaired) electrons. The van der Waals surface area contributed by atoms with Crippen LogP contribution in [0.1, 0.15) is 33.6 Å². The van der Waals surface area contributed by atoms with Crippen molar-refractivity contribution in [2.45, 2.75) is 46.0 Å². The summed E-state index contributed by atoms with van der Waals surface area (Å²) < 4.78 is 10.0. The van der Waals surface area contributed by atoms with Crippen molar-refractivity contribution >= 4 is 0 Å². The van der Waals surface area contributed by atoms with Gasteiger partial charge in [-0.1, -0.05) is 18.6 Å². The predicted molar refractivity (Wildman–Crippen MR) is 61.6 cm³/mol. The molecule has 0 heterocycles. The molecular weight excluding hydrogens is 192 g/mol. The summed E-state index contributed by atoms with van der Waals surface area (Å²) in [4.78, 5) is 0. The monoisotopic (exact) mass is 216 g/mol. The smallest absolute Gasteiger partial charge is 0.182 e. The topological polar surface area (TPSA) is 38.7 Å². The zero-order valence-corrected chi connectivity index (χ0v) is 10.5. The summed E-state index contributed by atoms with van der Waals surface area (Å²) in [5, 5.41) is 9.87. The number of hydrogen-bond donors (Lipinski definition) is 1. The van der Waals surface area contributed by atoms with Crippen molar-refractivity contribution in [1.82, 2.24) is 0 Å². The van der Waals surface area contributed by atoms with Crippen LogP contribution in [0.2, 0.25) is 0 Å². The third-order valence-electron chi connectivity index (χ3n) is 2.50. The number of allylic oxidation sites excluding steroid dienone is 2. The largest absolute Gasteiger partial charge is 0.388 e. The average molecular weight is 216 g/mol. The minimum absolute atomic E-state index is 0.172. The van der Waals surface area contributed by atoms with Gasteiger partial charge in [0, 0.05) is 14.2 Å². The minimum Gasteiger partial charge on any atom is -0.388 e. The molecular formula is C12H24O3. The Kier molecular flexibility index (Phi) is 7.65. The predicted octanol–water partition coefficient (Wildman–Crippen LogP) is 2.35. The van der Waals surface area contributed by atoms with E-state index in [-0.39, 0.29) is 5.92 Å². The Morgan fingerprint density at radius 3 is 2.20 bits per heavy atom. The van der Waals surface area contributed by atoms with E-state index in [9.17, 15) is 5.11 Å². The molecule has 0 aromatic rings. The van der Waals surface area contributed by atoms with Crippen LogP contribution < -0.4 is 0 Å². The normalized spacial score (nSPS) is 15.1. The molecule has 0 aromatic heterocycles. The Morgan fingerprint density at radius 2 is 1.80 bits per heavy atom. The van der Waals surface area contributed by atoms with E-state index in [1.807, 2.05) is 6.92 Å². The molecule has 0 aliphatic rings. The summed E-state index contributed by atoms with van der Waals surface area (Å²) in [7, 11) is 3.08. The highest BCUT2D eigenvalue weighted by Crippen LogP contribution is 2.16. The Bertz CT molecular complexity index is 181. The molecule has 0 fully saturated rings. The third kappa shape index (κ3) is 5.92. The van der Waals surface area contributed by atoms with Gasteiger partial charge < -0.3 is 14.6 Å². The maximum absolute atomic E-state index is 9.87. The van der Waals surface area contributed by atoms with E-state index in [1.54, 1.807) is 14.2 Å². The molecule has 0 rings (SSSR count). The van der Waals surface area contributed by atoms with Crippen LogP contribution in [0.3, 0.4) is 0 Å². The summed E-state index contributed by atoms with van der Waals surface area (Å²) in [5.74, 6) is 0.172. The van der Waals surface area contributed by atoms with Crippen molar-refractivity contribution < 1.29 is 14.6 Å². The van der Waals surface area contributed by atoms with Gasteiger partial charge in [0.05, 0.1) is 0 Å². The molecule has 0 amide bonds. The molecule has 15 heavy (non-hydrogen) atoms. The quantitative estimate of drug-likeness (QED) is 0.524. The number of ether oxygens (including phenoxy) is 2. The Hall–Kier alpha value is -0.380. The molecule has 0 bridgehead atoms. The lowest BCUT2D eigenvalue weighted by molar-refractivity contribution is -0.177. The van der Waals surface area contributed by atoms with E-state index in [4.69, 9.17) is 9.47 Å². The number of rotatable bonds is 7. The van der Waals surface area contributed by atoms with E-state index < -0.39 is 12.4 Å². The van der Waals surface area contributed by atoms with Gasteiger partial charge in [-0.2, -0.15) is 0 Å². The first kappa shape index (κ1) is 14.6. The van der Waals surface area contributed by atoms with Gasteiger partial charge in [-0.25, -0.2) is 0 Å². The zero-order chi connectivity index (χ0) is 11.8.